The van der Waals surface area contributed by atoms with Crippen molar-refractivity contribution < 1.29 is 9.90 Å². The molecule has 0 fully saturated rings. The second kappa shape index (κ2) is 4.60. The van der Waals surface area contributed by atoms with Gasteiger partial charge in [-0.3, -0.25) is 0 Å². The van der Waals surface area contributed by atoms with Crippen LogP contribution in [-0.2, 0) is 17.6 Å². The van der Waals surface area contributed by atoms with Crippen molar-refractivity contribution in [3.8, 4) is 0 Å². The summed E-state index contributed by atoms with van der Waals surface area (Å²) < 4.78 is 0. The van der Waals surface area contributed by atoms with Gasteiger partial charge in [0.05, 0.1) is 5.37 Å². The fraction of sp³-hybridized carbons (Fsp3) is 0.400. The molecule has 0 saturated carbocycles. The smallest absolute Gasteiger partial charge is 0.344 e. The average Bonchev–Trinajstić information content (AvgIpc) is 2.90. The molecule has 0 radical (unpaired) electrons. The molecule has 0 bridgehead atoms. The molecule has 19 heavy (non-hydrogen) atoms. The van der Waals surface area contributed by atoms with Crippen LogP contribution in [0.2, 0.25) is 0 Å². The third-order valence-electron chi connectivity index (χ3n) is 4.01. The molecular formula is C15H17NO2S. The molecule has 0 amide bonds. The van der Waals surface area contributed by atoms with Crippen molar-refractivity contribution >= 4 is 17.7 Å². The summed E-state index contributed by atoms with van der Waals surface area (Å²) in [6.45, 7) is 4.02. The van der Waals surface area contributed by atoms with Gasteiger partial charge in [0.1, 0.15) is 4.91 Å². The van der Waals surface area contributed by atoms with Gasteiger partial charge in [0, 0.05) is 11.7 Å². The SMILES string of the molecule is CC1=C(C(=O)O)SC(C)N1C1Cc2ccccc2C1. The molecule has 100 valence electrons. The van der Waals surface area contributed by atoms with Gasteiger partial charge < -0.3 is 10.0 Å². The maximum Gasteiger partial charge on any atom is 0.344 e. The predicted molar refractivity (Wildman–Crippen MR) is 76.9 cm³/mol. The zero-order valence-corrected chi connectivity index (χ0v) is 11.9. The van der Waals surface area contributed by atoms with Crippen molar-refractivity contribution in [1.82, 2.24) is 4.90 Å². The summed E-state index contributed by atoms with van der Waals surface area (Å²) in [6, 6.07) is 8.92. The molecule has 1 aromatic rings. The fourth-order valence-electron chi connectivity index (χ4n) is 3.21. The first-order valence-electron chi connectivity index (χ1n) is 6.54. The van der Waals surface area contributed by atoms with Gasteiger partial charge in [-0.2, -0.15) is 0 Å². The Morgan fingerprint density at radius 1 is 1.32 bits per heavy atom. The van der Waals surface area contributed by atoms with E-state index in [0.29, 0.717) is 10.9 Å². The fourth-order valence-corrected chi connectivity index (χ4v) is 4.37. The van der Waals surface area contributed by atoms with E-state index in [1.54, 1.807) is 0 Å². The van der Waals surface area contributed by atoms with Gasteiger partial charge in [-0.25, -0.2) is 4.79 Å². The minimum absolute atomic E-state index is 0.213. The van der Waals surface area contributed by atoms with Crippen LogP contribution in [0.4, 0.5) is 0 Å². The summed E-state index contributed by atoms with van der Waals surface area (Å²) in [5.41, 5.74) is 3.73. The molecule has 1 heterocycles. The van der Waals surface area contributed by atoms with Crippen LogP contribution in [0.5, 0.6) is 0 Å². The van der Waals surface area contributed by atoms with E-state index < -0.39 is 5.97 Å². The Morgan fingerprint density at radius 2 is 1.89 bits per heavy atom. The van der Waals surface area contributed by atoms with Crippen LogP contribution in [0.15, 0.2) is 34.9 Å². The number of carboxylic acid groups (broad SMARTS) is 1. The first-order valence-corrected chi connectivity index (χ1v) is 7.42. The zero-order valence-electron chi connectivity index (χ0n) is 11.1. The van der Waals surface area contributed by atoms with Crippen molar-refractivity contribution in [2.24, 2.45) is 0 Å². The number of nitrogens with zero attached hydrogens (tertiary/aromatic N) is 1. The highest BCUT2D eigenvalue weighted by atomic mass is 32.2. The van der Waals surface area contributed by atoms with Gasteiger partial charge in [0.2, 0.25) is 0 Å². The monoisotopic (exact) mass is 275 g/mol. The molecule has 1 aromatic carbocycles. The molecule has 4 heteroatoms. The largest absolute Gasteiger partial charge is 0.477 e. The van der Waals surface area contributed by atoms with Crippen LogP contribution < -0.4 is 0 Å². The van der Waals surface area contributed by atoms with Crippen LogP contribution in [-0.4, -0.2) is 27.4 Å². The normalized spacial score (nSPS) is 23.1. The molecule has 1 N–H and O–H groups in total. The average molecular weight is 275 g/mol. The predicted octanol–water partition coefficient (Wildman–Crippen LogP) is 2.86. The summed E-state index contributed by atoms with van der Waals surface area (Å²) >= 11 is 1.46. The number of carboxylic acids is 1. The molecular weight excluding hydrogens is 258 g/mol. The van der Waals surface area contributed by atoms with Crippen LogP contribution in [0.3, 0.4) is 0 Å². The van der Waals surface area contributed by atoms with Gasteiger partial charge in [0.25, 0.3) is 0 Å². The highest BCUT2D eigenvalue weighted by molar-refractivity contribution is 8.04. The number of aliphatic carboxylic acids is 1. The second-order valence-electron chi connectivity index (χ2n) is 5.17. The molecule has 1 aliphatic carbocycles. The lowest BCUT2D eigenvalue weighted by atomic mass is 10.1. The maximum absolute atomic E-state index is 11.2. The van der Waals surface area contributed by atoms with E-state index in [9.17, 15) is 9.90 Å². The number of thioether (sulfide) groups is 1. The van der Waals surface area contributed by atoms with Gasteiger partial charge in [-0.05, 0) is 37.8 Å². The third-order valence-corrected chi connectivity index (χ3v) is 5.29. The molecule has 1 unspecified atom stereocenters. The Bertz CT molecular complexity index is 542. The van der Waals surface area contributed by atoms with E-state index in [2.05, 4.69) is 36.1 Å². The number of allylic oxidation sites excluding steroid dienone is 1. The minimum Gasteiger partial charge on any atom is -0.477 e. The summed E-state index contributed by atoms with van der Waals surface area (Å²) in [5.74, 6) is -0.799. The summed E-state index contributed by atoms with van der Waals surface area (Å²) in [4.78, 5) is 14.0. The Balaban J connectivity index is 1.87. The first-order chi connectivity index (χ1) is 9.08. The number of rotatable bonds is 2. The lowest BCUT2D eigenvalue weighted by molar-refractivity contribution is -0.131. The minimum atomic E-state index is -0.799. The van der Waals surface area contributed by atoms with Crippen LogP contribution in [0, 0.1) is 0 Å². The number of benzene rings is 1. The van der Waals surface area contributed by atoms with Gasteiger partial charge in [-0.1, -0.05) is 36.0 Å². The number of hydrogen-bond donors (Lipinski definition) is 1. The van der Waals surface area contributed by atoms with Crippen molar-refractivity contribution in [1.29, 1.82) is 0 Å². The Labute approximate surface area is 117 Å². The Kier molecular flexibility index (Phi) is 3.05. The molecule has 0 spiro atoms. The van der Waals surface area contributed by atoms with E-state index in [1.807, 2.05) is 6.92 Å². The van der Waals surface area contributed by atoms with Gasteiger partial charge in [-0.15, -0.1) is 0 Å². The Hall–Kier alpha value is -1.42. The van der Waals surface area contributed by atoms with E-state index in [4.69, 9.17) is 0 Å². The lowest BCUT2D eigenvalue weighted by Gasteiger charge is -2.31. The van der Waals surface area contributed by atoms with E-state index in [-0.39, 0.29) is 5.37 Å². The highest BCUT2D eigenvalue weighted by Crippen LogP contribution is 2.41. The van der Waals surface area contributed by atoms with Crippen molar-refractivity contribution in [2.45, 2.75) is 38.1 Å². The molecule has 2 aliphatic rings. The maximum atomic E-state index is 11.2. The van der Waals surface area contributed by atoms with E-state index in [1.165, 1.54) is 22.9 Å². The summed E-state index contributed by atoms with van der Waals surface area (Å²) in [6.07, 6.45) is 2.04. The molecule has 1 aliphatic heterocycles. The summed E-state index contributed by atoms with van der Waals surface area (Å²) in [7, 11) is 0. The standard InChI is InChI=1S/C15H17NO2S/c1-9-14(15(17)18)19-10(2)16(9)13-7-11-5-3-4-6-12(11)8-13/h3-6,10,13H,7-8H2,1-2H3,(H,17,18). The van der Waals surface area contributed by atoms with Crippen molar-refractivity contribution in [3.05, 3.63) is 46.0 Å². The van der Waals surface area contributed by atoms with Crippen LogP contribution in [0.1, 0.15) is 25.0 Å². The highest BCUT2D eigenvalue weighted by Gasteiger charge is 2.37. The van der Waals surface area contributed by atoms with E-state index in [0.717, 1.165) is 18.5 Å². The molecule has 0 saturated heterocycles. The van der Waals surface area contributed by atoms with Crippen LogP contribution in [0.25, 0.3) is 0 Å². The topological polar surface area (TPSA) is 40.5 Å². The first kappa shape index (κ1) is 12.6. The van der Waals surface area contributed by atoms with Gasteiger partial charge in [0.15, 0.2) is 0 Å². The molecule has 0 aromatic heterocycles. The Morgan fingerprint density at radius 3 is 2.37 bits per heavy atom. The number of carbonyl (C=O) groups is 1. The molecule has 3 rings (SSSR count). The summed E-state index contributed by atoms with van der Waals surface area (Å²) in [5, 5.41) is 9.44. The second-order valence-corrected chi connectivity index (χ2v) is 6.50. The van der Waals surface area contributed by atoms with Crippen molar-refractivity contribution in [2.75, 3.05) is 0 Å². The lowest BCUT2D eigenvalue weighted by Crippen LogP contribution is -2.36. The molecule has 1 atom stereocenters. The van der Waals surface area contributed by atoms with E-state index >= 15 is 0 Å². The number of hydrogen-bond acceptors (Lipinski definition) is 3. The quantitative estimate of drug-likeness (QED) is 0.901. The molecule has 3 nitrogen and oxygen atoms in total. The van der Waals surface area contributed by atoms with Crippen molar-refractivity contribution in [3.63, 3.8) is 0 Å². The number of fused-ring (bicyclic) bond motifs is 1. The third kappa shape index (κ3) is 2.04. The van der Waals surface area contributed by atoms with Crippen LogP contribution >= 0.6 is 11.8 Å². The van der Waals surface area contributed by atoms with Gasteiger partial charge >= 0.3 is 5.97 Å². The zero-order chi connectivity index (χ0) is 13.6.